The zero-order chi connectivity index (χ0) is 13.1. The van der Waals surface area contributed by atoms with Crippen molar-refractivity contribution in [3.63, 3.8) is 0 Å². The monoisotopic (exact) mass is 250 g/mol. The van der Waals surface area contributed by atoms with E-state index in [1.54, 1.807) is 0 Å². The van der Waals surface area contributed by atoms with E-state index in [2.05, 4.69) is 32.7 Å². The number of anilines is 2. The van der Waals surface area contributed by atoms with Gasteiger partial charge in [-0.1, -0.05) is 0 Å². The number of hydrogen-bond acceptors (Lipinski definition) is 6. The van der Waals surface area contributed by atoms with E-state index in [9.17, 15) is 0 Å². The summed E-state index contributed by atoms with van der Waals surface area (Å²) in [7, 11) is 2.17. The van der Waals surface area contributed by atoms with E-state index in [0.717, 1.165) is 23.8 Å². The van der Waals surface area contributed by atoms with Gasteiger partial charge in [0.25, 0.3) is 0 Å². The molecule has 0 aromatic carbocycles. The number of likely N-dealkylation sites (tertiary alicyclic amines) is 1. The Morgan fingerprint density at radius 3 is 2.67 bits per heavy atom. The minimum Gasteiger partial charge on any atom is -0.368 e. The molecular formula is C12H22N6. The van der Waals surface area contributed by atoms with Crippen molar-refractivity contribution in [1.82, 2.24) is 14.9 Å². The van der Waals surface area contributed by atoms with E-state index in [0.29, 0.717) is 11.9 Å². The molecule has 0 spiro atoms. The zero-order valence-electron chi connectivity index (χ0n) is 11.3. The average Bonchev–Trinajstić information content (AvgIpc) is 2.75. The highest BCUT2D eigenvalue weighted by molar-refractivity contribution is 5.56. The zero-order valence-corrected chi connectivity index (χ0v) is 11.3. The molecule has 1 unspecified atom stereocenters. The Labute approximate surface area is 108 Å². The summed E-state index contributed by atoms with van der Waals surface area (Å²) in [5.74, 6) is 7.73. The molecule has 0 radical (unpaired) electrons. The Bertz CT molecular complexity index is 419. The van der Waals surface area contributed by atoms with E-state index in [1.165, 1.54) is 19.4 Å². The number of hydrazine groups is 1. The molecule has 1 aliphatic heterocycles. The summed E-state index contributed by atoms with van der Waals surface area (Å²) < 4.78 is 0. The topological polar surface area (TPSA) is 79.1 Å². The Balaban J connectivity index is 2.06. The fourth-order valence-electron chi connectivity index (χ4n) is 2.39. The maximum Gasteiger partial charge on any atom is 0.148 e. The second-order valence-electron chi connectivity index (χ2n) is 4.89. The van der Waals surface area contributed by atoms with E-state index < -0.39 is 0 Å². The minimum absolute atomic E-state index is 0.592. The molecule has 6 nitrogen and oxygen atoms in total. The van der Waals surface area contributed by atoms with Gasteiger partial charge in [-0.05, 0) is 40.3 Å². The van der Waals surface area contributed by atoms with Crippen molar-refractivity contribution < 1.29 is 0 Å². The van der Waals surface area contributed by atoms with Crippen LogP contribution in [0.4, 0.5) is 11.6 Å². The summed E-state index contributed by atoms with van der Waals surface area (Å²) in [4.78, 5) is 11.1. The summed E-state index contributed by atoms with van der Waals surface area (Å²) in [6, 6.07) is 0.592. The normalized spacial score (nSPS) is 20.1. The standard InChI is InChI=1S/C12H22N6/c1-8-11(15-9(2)16-12(8)17-13)14-7-10-5-4-6-18(10)3/h10H,4-7,13H2,1-3H3,(H2,14,15,16,17). The third-order valence-electron chi connectivity index (χ3n) is 3.57. The molecule has 0 saturated carbocycles. The maximum absolute atomic E-state index is 5.45. The molecular weight excluding hydrogens is 228 g/mol. The fourth-order valence-corrected chi connectivity index (χ4v) is 2.39. The molecule has 6 heteroatoms. The van der Waals surface area contributed by atoms with Gasteiger partial charge in [0.2, 0.25) is 0 Å². The van der Waals surface area contributed by atoms with Crippen molar-refractivity contribution in [2.75, 3.05) is 30.9 Å². The van der Waals surface area contributed by atoms with Crippen LogP contribution in [0.2, 0.25) is 0 Å². The molecule has 4 N–H and O–H groups in total. The molecule has 100 valence electrons. The van der Waals surface area contributed by atoms with Gasteiger partial charge in [-0.3, -0.25) is 0 Å². The molecule has 1 aromatic heterocycles. The van der Waals surface area contributed by atoms with Crippen LogP contribution in [0.5, 0.6) is 0 Å². The summed E-state index contributed by atoms with van der Waals surface area (Å²) in [6.45, 7) is 5.93. The number of nitrogens with zero attached hydrogens (tertiary/aromatic N) is 3. The number of aryl methyl sites for hydroxylation is 1. The van der Waals surface area contributed by atoms with E-state index in [1.807, 2.05) is 13.8 Å². The van der Waals surface area contributed by atoms with Gasteiger partial charge in [0.15, 0.2) is 0 Å². The molecule has 0 aliphatic carbocycles. The first-order valence-electron chi connectivity index (χ1n) is 6.37. The van der Waals surface area contributed by atoms with Crippen molar-refractivity contribution in [2.45, 2.75) is 32.7 Å². The molecule has 1 aliphatic rings. The molecule has 2 rings (SSSR count). The van der Waals surface area contributed by atoms with Gasteiger partial charge in [0.1, 0.15) is 17.5 Å². The van der Waals surface area contributed by atoms with Crippen molar-refractivity contribution in [3.8, 4) is 0 Å². The fraction of sp³-hybridized carbons (Fsp3) is 0.667. The first kappa shape index (κ1) is 13.0. The molecule has 2 heterocycles. The molecule has 1 atom stereocenters. The van der Waals surface area contributed by atoms with Crippen LogP contribution in [0.25, 0.3) is 0 Å². The number of rotatable bonds is 4. The van der Waals surface area contributed by atoms with Gasteiger partial charge in [-0.25, -0.2) is 15.8 Å². The minimum atomic E-state index is 0.592. The SMILES string of the molecule is Cc1nc(NN)c(C)c(NCC2CCCN2C)n1. The number of nitrogens with one attached hydrogen (secondary N) is 2. The van der Waals surface area contributed by atoms with Crippen LogP contribution in [0.15, 0.2) is 0 Å². The molecule has 0 bridgehead atoms. The van der Waals surface area contributed by atoms with Crippen LogP contribution in [-0.4, -0.2) is 41.0 Å². The summed E-state index contributed by atoms with van der Waals surface area (Å²) in [5.41, 5.74) is 3.57. The summed E-state index contributed by atoms with van der Waals surface area (Å²) in [5, 5.41) is 3.41. The summed E-state index contributed by atoms with van der Waals surface area (Å²) >= 11 is 0. The lowest BCUT2D eigenvalue weighted by atomic mass is 10.2. The molecule has 0 amide bonds. The third kappa shape index (κ3) is 2.70. The van der Waals surface area contributed by atoms with Gasteiger partial charge in [-0.15, -0.1) is 0 Å². The van der Waals surface area contributed by atoms with Gasteiger partial charge in [0.05, 0.1) is 0 Å². The van der Waals surface area contributed by atoms with Crippen LogP contribution < -0.4 is 16.6 Å². The van der Waals surface area contributed by atoms with Gasteiger partial charge in [-0.2, -0.15) is 0 Å². The number of aromatic nitrogens is 2. The van der Waals surface area contributed by atoms with Crippen molar-refractivity contribution in [1.29, 1.82) is 0 Å². The van der Waals surface area contributed by atoms with Crippen LogP contribution in [0.3, 0.4) is 0 Å². The number of hydrogen-bond donors (Lipinski definition) is 3. The first-order valence-corrected chi connectivity index (χ1v) is 6.37. The molecule has 1 fully saturated rings. The highest BCUT2D eigenvalue weighted by atomic mass is 15.3. The van der Waals surface area contributed by atoms with Crippen LogP contribution in [0, 0.1) is 13.8 Å². The van der Waals surface area contributed by atoms with Crippen molar-refractivity contribution >= 4 is 11.6 Å². The smallest absolute Gasteiger partial charge is 0.148 e. The van der Waals surface area contributed by atoms with Crippen molar-refractivity contribution in [2.24, 2.45) is 5.84 Å². The summed E-state index contributed by atoms with van der Waals surface area (Å²) in [6.07, 6.45) is 2.52. The van der Waals surface area contributed by atoms with Crippen LogP contribution in [0.1, 0.15) is 24.2 Å². The second kappa shape index (κ2) is 5.49. The highest BCUT2D eigenvalue weighted by Gasteiger charge is 2.21. The first-order chi connectivity index (χ1) is 8.61. The largest absolute Gasteiger partial charge is 0.368 e. The Morgan fingerprint density at radius 1 is 1.33 bits per heavy atom. The van der Waals surface area contributed by atoms with Crippen LogP contribution in [-0.2, 0) is 0 Å². The average molecular weight is 250 g/mol. The lowest BCUT2D eigenvalue weighted by Crippen LogP contribution is -2.32. The Morgan fingerprint density at radius 2 is 2.06 bits per heavy atom. The number of nitrogen functional groups attached to an aromatic ring is 1. The molecule has 1 aromatic rings. The highest BCUT2D eigenvalue weighted by Crippen LogP contribution is 2.20. The van der Waals surface area contributed by atoms with Crippen molar-refractivity contribution in [3.05, 3.63) is 11.4 Å². The van der Waals surface area contributed by atoms with Gasteiger partial charge in [0, 0.05) is 18.2 Å². The van der Waals surface area contributed by atoms with Gasteiger partial charge < -0.3 is 15.6 Å². The van der Waals surface area contributed by atoms with E-state index in [-0.39, 0.29) is 0 Å². The third-order valence-corrected chi connectivity index (χ3v) is 3.57. The lowest BCUT2D eigenvalue weighted by molar-refractivity contribution is 0.322. The lowest BCUT2D eigenvalue weighted by Gasteiger charge is -2.21. The number of nitrogens with two attached hydrogens (primary N) is 1. The Kier molecular flexibility index (Phi) is 3.98. The predicted octanol–water partition coefficient (Wildman–Crippen LogP) is 0.885. The maximum atomic E-state index is 5.45. The quantitative estimate of drug-likeness (QED) is 0.544. The van der Waals surface area contributed by atoms with Crippen LogP contribution >= 0.6 is 0 Å². The number of likely N-dealkylation sites (N-methyl/N-ethyl adjacent to an activating group) is 1. The van der Waals surface area contributed by atoms with E-state index in [4.69, 9.17) is 5.84 Å². The second-order valence-corrected chi connectivity index (χ2v) is 4.89. The van der Waals surface area contributed by atoms with E-state index >= 15 is 0 Å². The Hall–Kier alpha value is -1.40. The molecule has 1 saturated heterocycles. The van der Waals surface area contributed by atoms with Gasteiger partial charge >= 0.3 is 0 Å². The molecule has 18 heavy (non-hydrogen) atoms. The predicted molar refractivity (Wildman–Crippen MR) is 73.5 cm³/mol.